The lowest BCUT2D eigenvalue weighted by molar-refractivity contribution is 0.185. The maximum Gasteiger partial charge on any atom is 0.322 e. The molecule has 6 nitrogen and oxygen atoms in total. The molecule has 0 fully saturated rings. The Morgan fingerprint density at radius 2 is 1.79 bits per heavy atom. The van der Waals surface area contributed by atoms with Crippen LogP contribution in [-0.2, 0) is 12.0 Å². The number of benzene rings is 1. The molecule has 6 heteroatoms. The minimum atomic E-state index is -0.292. The third-order valence-electron chi connectivity index (χ3n) is 3.45. The predicted molar refractivity (Wildman–Crippen MR) is 93.7 cm³/mol. The fraction of sp³-hybridized carbons (Fsp3) is 0.389. The first-order chi connectivity index (χ1) is 11.4. The zero-order valence-corrected chi connectivity index (χ0v) is 14.4. The van der Waals surface area contributed by atoms with Gasteiger partial charge < -0.3 is 15.3 Å². The molecule has 2 N–H and O–H groups in total. The number of nitrogens with one attached hydrogen (secondary N) is 1. The predicted octanol–water partition coefficient (Wildman–Crippen LogP) is 2.80. The molecule has 0 bridgehead atoms. The molecule has 0 radical (unpaired) electrons. The second-order valence-electron chi connectivity index (χ2n) is 6.61. The van der Waals surface area contributed by atoms with Gasteiger partial charge in [-0.2, -0.15) is 0 Å². The van der Waals surface area contributed by atoms with Gasteiger partial charge in [-0.1, -0.05) is 51.1 Å². The van der Waals surface area contributed by atoms with Crippen LogP contribution in [0.5, 0.6) is 0 Å². The molecule has 0 saturated heterocycles. The van der Waals surface area contributed by atoms with Crippen molar-refractivity contribution in [2.45, 2.75) is 32.7 Å². The van der Waals surface area contributed by atoms with E-state index >= 15 is 0 Å². The SMILES string of the molecule is CC(C)(C)c1ncc(NC(=O)N(CCO)Cc2ccccc2)cn1. The Kier molecular flexibility index (Phi) is 5.87. The van der Waals surface area contributed by atoms with Gasteiger partial charge in [-0.05, 0) is 5.56 Å². The highest BCUT2D eigenvalue weighted by Gasteiger charge is 2.18. The largest absolute Gasteiger partial charge is 0.395 e. The van der Waals surface area contributed by atoms with E-state index in [2.05, 4.69) is 15.3 Å². The summed E-state index contributed by atoms with van der Waals surface area (Å²) in [5.41, 5.74) is 1.39. The van der Waals surface area contributed by atoms with Gasteiger partial charge in [0.25, 0.3) is 0 Å². The summed E-state index contributed by atoms with van der Waals surface area (Å²) in [6.07, 6.45) is 3.20. The summed E-state index contributed by atoms with van der Waals surface area (Å²) in [5.74, 6) is 0.719. The van der Waals surface area contributed by atoms with Crippen molar-refractivity contribution < 1.29 is 9.90 Å². The molecule has 24 heavy (non-hydrogen) atoms. The Balaban J connectivity index is 2.04. The minimum absolute atomic E-state index is 0.0975. The molecule has 1 heterocycles. The fourth-order valence-corrected chi connectivity index (χ4v) is 2.16. The molecule has 2 aromatic rings. The monoisotopic (exact) mass is 328 g/mol. The Bertz CT molecular complexity index is 651. The van der Waals surface area contributed by atoms with Crippen LogP contribution in [0.1, 0.15) is 32.2 Å². The molecule has 0 aliphatic heterocycles. The zero-order chi connectivity index (χ0) is 17.6. The maximum absolute atomic E-state index is 12.4. The van der Waals surface area contributed by atoms with Crippen LogP contribution < -0.4 is 5.32 Å². The van der Waals surface area contributed by atoms with Crippen LogP contribution in [0.15, 0.2) is 42.7 Å². The van der Waals surface area contributed by atoms with Crippen molar-refractivity contribution in [1.82, 2.24) is 14.9 Å². The van der Waals surface area contributed by atoms with Crippen molar-refractivity contribution in [3.8, 4) is 0 Å². The van der Waals surface area contributed by atoms with Crippen LogP contribution >= 0.6 is 0 Å². The number of aliphatic hydroxyl groups is 1. The maximum atomic E-state index is 12.4. The summed E-state index contributed by atoms with van der Waals surface area (Å²) in [6.45, 7) is 6.67. The molecule has 0 spiro atoms. The van der Waals surface area contributed by atoms with E-state index < -0.39 is 0 Å². The summed E-state index contributed by atoms with van der Waals surface area (Å²) >= 11 is 0. The van der Waals surface area contributed by atoms with Crippen LogP contribution in [0.2, 0.25) is 0 Å². The first kappa shape index (κ1) is 17.9. The number of hydrogen-bond donors (Lipinski definition) is 2. The lowest BCUT2D eigenvalue weighted by Gasteiger charge is -2.22. The number of nitrogens with zero attached hydrogens (tertiary/aromatic N) is 3. The third kappa shape index (κ3) is 5.03. The Morgan fingerprint density at radius 3 is 2.33 bits per heavy atom. The van der Waals surface area contributed by atoms with Gasteiger partial charge in [0.2, 0.25) is 0 Å². The standard InChI is InChI=1S/C18H24N4O2/c1-18(2,3)16-19-11-15(12-20-16)21-17(24)22(9-10-23)13-14-7-5-4-6-8-14/h4-8,11-12,23H,9-10,13H2,1-3H3,(H,21,24). The van der Waals surface area contributed by atoms with E-state index in [-0.39, 0.29) is 24.6 Å². The quantitative estimate of drug-likeness (QED) is 0.884. The van der Waals surface area contributed by atoms with Gasteiger partial charge in [-0.25, -0.2) is 14.8 Å². The number of amides is 2. The highest BCUT2D eigenvalue weighted by atomic mass is 16.3. The van der Waals surface area contributed by atoms with Gasteiger partial charge in [0, 0.05) is 18.5 Å². The van der Waals surface area contributed by atoms with Gasteiger partial charge >= 0.3 is 6.03 Å². The number of anilines is 1. The first-order valence-corrected chi connectivity index (χ1v) is 7.93. The van der Waals surface area contributed by atoms with E-state index in [0.717, 1.165) is 11.4 Å². The van der Waals surface area contributed by atoms with E-state index in [1.54, 1.807) is 17.3 Å². The van der Waals surface area contributed by atoms with Gasteiger partial charge in [0.1, 0.15) is 5.82 Å². The highest BCUT2D eigenvalue weighted by molar-refractivity contribution is 5.88. The van der Waals surface area contributed by atoms with Crippen LogP contribution in [0, 0.1) is 0 Å². The van der Waals surface area contributed by atoms with Crippen LogP contribution in [-0.4, -0.2) is 39.2 Å². The van der Waals surface area contributed by atoms with Crippen LogP contribution in [0.3, 0.4) is 0 Å². The molecular weight excluding hydrogens is 304 g/mol. The second kappa shape index (κ2) is 7.88. The number of rotatable bonds is 5. The summed E-state index contributed by atoms with van der Waals surface area (Å²) in [5, 5.41) is 12.0. The minimum Gasteiger partial charge on any atom is -0.395 e. The Labute approximate surface area is 142 Å². The van der Waals surface area contributed by atoms with E-state index in [1.165, 1.54) is 0 Å². The number of carbonyl (C=O) groups is 1. The zero-order valence-electron chi connectivity index (χ0n) is 14.4. The van der Waals surface area contributed by atoms with Crippen molar-refractivity contribution in [3.63, 3.8) is 0 Å². The summed E-state index contributed by atoms with van der Waals surface area (Å²) < 4.78 is 0. The highest BCUT2D eigenvalue weighted by Crippen LogP contribution is 2.18. The lowest BCUT2D eigenvalue weighted by Crippen LogP contribution is -2.36. The average Bonchev–Trinajstić information content (AvgIpc) is 2.55. The summed E-state index contributed by atoms with van der Waals surface area (Å²) in [4.78, 5) is 22.6. The van der Waals surface area contributed by atoms with Gasteiger partial charge in [-0.15, -0.1) is 0 Å². The number of aromatic nitrogens is 2. The molecule has 0 saturated carbocycles. The molecule has 0 aliphatic rings. The van der Waals surface area contributed by atoms with E-state index in [0.29, 0.717) is 12.2 Å². The van der Waals surface area contributed by atoms with Gasteiger partial charge in [0.15, 0.2) is 0 Å². The Morgan fingerprint density at radius 1 is 1.17 bits per heavy atom. The van der Waals surface area contributed by atoms with Crippen molar-refractivity contribution >= 4 is 11.7 Å². The smallest absolute Gasteiger partial charge is 0.322 e. The van der Waals surface area contributed by atoms with Crippen LogP contribution in [0.4, 0.5) is 10.5 Å². The number of urea groups is 1. The fourth-order valence-electron chi connectivity index (χ4n) is 2.16. The van der Waals surface area contributed by atoms with Crippen molar-refractivity contribution in [1.29, 1.82) is 0 Å². The van der Waals surface area contributed by atoms with E-state index in [9.17, 15) is 9.90 Å². The number of carbonyl (C=O) groups excluding carboxylic acids is 1. The molecule has 0 aliphatic carbocycles. The normalized spacial score (nSPS) is 11.2. The van der Waals surface area contributed by atoms with Crippen LogP contribution in [0.25, 0.3) is 0 Å². The molecule has 128 valence electrons. The number of hydrogen-bond acceptors (Lipinski definition) is 4. The molecule has 0 atom stereocenters. The summed E-state index contributed by atoms with van der Waals surface area (Å²) in [6, 6.07) is 9.36. The molecule has 2 rings (SSSR count). The molecule has 2 amide bonds. The topological polar surface area (TPSA) is 78.4 Å². The third-order valence-corrected chi connectivity index (χ3v) is 3.45. The molecule has 1 aromatic carbocycles. The molecule has 1 aromatic heterocycles. The molecule has 0 unspecified atom stereocenters. The lowest BCUT2D eigenvalue weighted by atomic mass is 9.96. The van der Waals surface area contributed by atoms with Crippen molar-refractivity contribution in [2.75, 3.05) is 18.5 Å². The van der Waals surface area contributed by atoms with Crippen molar-refractivity contribution in [2.24, 2.45) is 0 Å². The average molecular weight is 328 g/mol. The van der Waals surface area contributed by atoms with Gasteiger partial charge in [-0.3, -0.25) is 0 Å². The second-order valence-corrected chi connectivity index (χ2v) is 6.61. The number of aliphatic hydroxyl groups excluding tert-OH is 1. The first-order valence-electron chi connectivity index (χ1n) is 7.93. The van der Waals surface area contributed by atoms with E-state index in [1.807, 2.05) is 51.1 Å². The van der Waals surface area contributed by atoms with Gasteiger partial charge in [0.05, 0.1) is 24.7 Å². The molecular formula is C18H24N4O2. The Hall–Kier alpha value is -2.47. The summed E-state index contributed by atoms with van der Waals surface area (Å²) in [7, 11) is 0. The van der Waals surface area contributed by atoms with E-state index in [4.69, 9.17) is 0 Å². The van der Waals surface area contributed by atoms with Crippen molar-refractivity contribution in [3.05, 3.63) is 54.1 Å².